The minimum absolute atomic E-state index is 0.0648. The standard InChI is InChI=1S/C11H21NO4.C4H3NO3/c1-7(2)6-8(9(13)14)12-10(15)16-11(3,4)5;6-4(7)3-1-8-2-5-3/h7-8H,6H2,1-5H3,(H,12,15)(H,13,14);1-2H,(H,6,7)/t8-;/m0./s1. The Bertz CT molecular complexity index is 533. The SMILES string of the molecule is CC(C)C[C@H](NC(=O)OC(C)(C)C)C(=O)O.O=C(O)c1cocn1. The second-order valence-electron chi connectivity index (χ2n) is 6.35. The van der Waals surface area contributed by atoms with E-state index < -0.39 is 29.7 Å². The summed E-state index contributed by atoms with van der Waals surface area (Å²) in [5.41, 5.74) is -0.685. The Labute approximate surface area is 140 Å². The fraction of sp³-hybridized carbons (Fsp3) is 0.600. The van der Waals surface area contributed by atoms with Crippen molar-refractivity contribution in [3.05, 3.63) is 18.4 Å². The highest BCUT2D eigenvalue weighted by molar-refractivity contribution is 5.84. The first-order valence-electron chi connectivity index (χ1n) is 7.26. The maximum atomic E-state index is 11.4. The summed E-state index contributed by atoms with van der Waals surface area (Å²) in [6.45, 7) is 8.97. The van der Waals surface area contributed by atoms with Crippen molar-refractivity contribution in [1.29, 1.82) is 0 Å². The quantitative estimate of drug-likeness (QED) is 0.740. The number of aromatic carboxylic acids is 1. The first-order valence-corrected chi connectivity index (χ1v) is 7.26. The summed E-state index contributed by atoms with van der Waals surface area (Å²) < 4.78 is 9.37. The summed E-state index contributed by atoms with van der Waals surface area (Å²) in [4.78, 5) is 35.5. The summed E-state index contributed by atoms with van der Waals surface area (Å²) >= 11 is 0. The van der Waals surface area contributed by atoms with Crippen LogP contribution >= 0.6 is 0 Å². The molecule has 1 aromatic heterocycles. The Morgan fingerprint density at radius 2 is 1.88 bits per heavy atom. The smallest absolute Gasteiger partial charge is 0.408 e. The van der Waals surface area contributed by atoms with E-state index in [-0.39, 0.29) is 11.6 Å². The summed E-state index contributed by atoms with van der Waals surface area (Å²) in [6, 6.07) is -0.894. The number of rotatable bonds is 5. The Morgan fingerprint density at radius 3 is 2.17 bits per heavy atom. The van der Waals surface area contributed by atoms with E-state index in [9.17, 15) is 14.4 Å². The molecule has 0 radical (unpaired) electrons. The highest BCUT2D eigenvalue weighted by Crippen LogP contribution is 2.09. The number of alkyl carbamates (subject to hydrolysis) is 1. The molecule has 9 nitrogen and oxygen atoms in total. The van der Waals surface area contributed by atoms with Crippen molar-refractivity contribution in [3.63, 3.8) is 0 Å². The zero-order valence-electron chi connectivity index (χ0n) is 14.4. The molecule has 1 amide bonds. The van der Waals surface area contributed by atoms with Crippen molar-refractivity contribution in [2.75, 3.05) is 0 Å². The van der Waals surface area contributed by atoms with Gasteiger partial charge in [0.15, 0.2) is 12.1 Å². The average Bonchev–Trinajstić information content (AvgIpc) is 2.89. The van der Waals surface area contributed by atoms with Gasteiger partial charge in [-0.1, -0.05) is 13.8 Å². The third-order valence-electron chi connectivity index (χ3n) is 2.35. The number of hydrogen-bond donors (Lipinski definition) is 3. The lowest BCUT2D eigenvalue weighted by Crippen LogP contribution is -2.44. The lowest BCUT2D eigenvalue weighted by molar-refractivity contribution is -0.139. The predicted molar refractivity (Wildman–Crippen MR) is 83.7 cm³/mol. The first-order chi connectivity index (χ1) is 10.9. The lowest BCUT2D eigenvalue weighted by Gasteiger charge is -2.22. The van der Waals surface area contributed by atoms with Crippen molar-refractivity contribution < 1.29 is 33.8 Å². The second-order valence-corrected chi connectivity index (χ2v) is 6.35. The molecule has 3 N–H and O–H groups in total. The highest BCUT2D eigenvalue weighted by atomic mass is 16.6. The Morgan fingerprint density at radius 1 is 1.29 bits per heavy atom. The van der Waals surface area contributed by atoms with Gasteiger partial charge in [-0.25, -0.2) is 19.4 Å². The number of nitrogens with one attached hydrogen (secondary N) is 1. The second kappa shape index (κ2) is 9.53. The summed E-state index contributed by atoms with van der Waals surface area (Å²) in [5.74, 6) is -1.92. The molecule has 24 heavy (non-hydrogen) atoms. The molecule has 0 aliphatic rings. The van der Waals surface area contributed by atoms with Gasteiger partial charge in [-0.05, 0) is 33.1 Å². The molecule has 0 unspecified atom stereocenters. The molecule has 0 aliphatic carbocycles. The van der Waals surface area contributed by atoms with Crippen LogP contribution in [0, 0.1) is 5.92 Å². The molecular weight excluding hydrogens is 320 g/mol. The van der Waals surface area contributed by atoms with Crippen molar-refractivity contribution in [2.24, 2.45) is 5.92 Å². The topological polar surface area (TPSA) is 139 Å². The maximum absolute atomic E-state index is 11.4. The monoisotopic (exact) mass is 344 g/mol. The van der Waals surface area contributed by atoms with Gasteiger partial charge in [0.1, 0.15) is 17.9 Å². The van der Waals surface area contributed by atoms with Gasteiger partial charge in [0.2, 0.25) is 0 Å². The number of nitrogens with zero attached hydrogens (tertiary/aromatic N) is 1. The van der Waals surface area contributed by atoms with E-state index in [1.54, 1.807) is 20.8 Å². The number of carbonyl (C=O) groups excluding carboxylic acids is 1. The van der Waals surface area contributed by atoms with E-state index >= 15 is 0 Å². The number of amides is 1. The molecule has 9 heteroatoms. The number of oxazole rings is 1. The number of carbonyl (C=O) groups is 3. The van der Waals surface area contributed by atoms with Crippen molar-refractivity contribution >= 4 is 18.0 Å². The van der Waals surface area contributed by atoms with E-state index in [0.717, 1.165) is 12.7 Å². The van der Waals surface area contributed by atoms with Gasteiger partial charge >= 0.3 is 18.0 Å². The first kappa shape index (κ1) is 21.4. The number of ether oxygens (including phenoxy) is 1. The Hall–Kier alpha value is -2.58. The molecule has 0 saturated carbocycles. The van der Waals surface area contributed by atoms with Crippen molar-refractivity contribution in [1.82, 2.24) is 10.3 Å². The fourth-order valence-corrected chi connectivity index (χ4v) is 1.46. The van der Waals surface area contributed by atoms with Crippen LogP contribution in [0.25, 0.3) is 0 Å². The molecule has 1 heterocycles. The molecule has 0 spiro atoms. The van der Waals surface area contributed by atoms with E-state index in [2.05, 4.69) is 14.7 Å². The molecule has 0 bridgehead atoms. The zero-order chi connectivity index (χ0) is 18.9. The molecule has 1 rings (SSSR count). The van der Waals surface area contributed by atoms with Crippen LogP contribution in [0.15, 0.2) is 17.1 Å². The molecule has 1 aromatic rings. The van der Waals surface area contributed by atoms with Gasteiger partial charge in [0.25, 0.3) is 0 Å². The number of carboxylic acid groups (broad SMARTS) is 2. The molecule has 0 aromatic carbocycles. The predicted octanol–water partition coefficient (Wildman–Crippen LogP) is 2.38. The van der Waals surface area contributed by atoms with Gasteiger partial charge in [-0.2, -0.15) is 0 Å². The van der Waals surface area contributed by atoms with E-state index in [1.165, 1.54) is 0 Å². The minimum atomic E-state index is -1.07. The summed E-state index contributed by atoms with van der Waals surface area (Å²) in [7, 11) is 0. The largest absolute Gasteiger partial charge is 0.480 e. The number of aliphatic carboxylic acids is 1. The van der Waals surface area contributed by atoms with E-state index in [1.807, 2.05) is 13.8 Å². The molecule has 0 saturated heterocycles. The fourth-order valence-electron chi connectivity index (χ4n) is 1.46. The third kappa shape index (κ3) is 10.2. The highest BCUT2D eigenvalue weighted by Gasteiger charge is 2.24. The van der Waals surface area contributed by atoms with Crippen LogP contribution in [0.1, 0.15) is 51.5 Å². The molecule has 1 atom stereocenters. The van der Waals surface area contributed by atoms with E-state index in [4.69, 9.17) is 14.9 Å². The Balaban J connectivity index is 0.000000546. The van der Waals surface area contributed by atoms with Crippen LogP contribution in [0.3, 0.4) is 0 Å². The van der Waals surface area contributed by atoms with Crippen LogP contribution < -0.4 is 5.32 Å². The summed E-state index contributed by atoms with van der Waals surface area (Å²) in [6.07, 6.45) is 1.83. The molecular formula is C15H24N2O7. The minimum Gasteiger partial charge on any atom is -0.480 e. The van der Waals surface area contributed by atoms with Crippen LogP contribution in [0.5, 0.6) is 0 Å². The molecule has 0 fully saturated rings. The van der Waals surface area contributed by atoms with Crippen LogP contribution in [-0.2, 0) is 9.53 Å². The number of aromatic nitrogens is 1. The zero-order valence-corrected chi connectivity index (χ0v) is 14.4. The normalized spacial score (nSPS) is 11.9. The Kier molecular flexibility index (Phi) is 8.51. The molecule has 0 aliphatic heterocycles. The van der Waals surface area contributed by atoms with Gasteiger partial charge < -0.3 is 24.7 Å². The molecule has 136 valence electrons. The van der Waals surface area contributed by atoms with Crippen molar-refractivity contribution in [2.45, 2.75) is 52.7 Å². The van der Waals surface area contributed by atoms with Gasteiger partial charge in [0.05, 0.1) is 0 Å². The summed E-state index contributed by atoms with van der Waals surface area (Å²) in [5, 5.41) is 19.4. The van der Waals surface area contributed by atoms with Crippen molar-refractivity contribution in [3.8, 4) is 0 Å². The van der Waals surface area contributed by atoms with Gasteiger partial charge in [-0.3, -0.25) is 0 Å². The van der Waals surface area contributed by atoms with Gasteiger partial charge in [-0.15, -0.1) is 0 Å². The van der Waals surface area contributed by atoms with Crippen LogP contribution in [-0.4, -0.2) is 44.9 Å². The lowest BCUT2D eigenvalue weighted by atomic mass is 10.0. The number of carboxylic acids is 2. The number of hydrogen-bond acceptors (Lipinski definition) is 6. The van der Waals surface area contributed by atoms with Crippen LogP contribution in [0.4, 0.5) is 4.79 Å². The maximum Gasteiger partial charge on any atom is 0.408 e. The van der Waals surface area contributed by atoms with E-state index in [0.29, 0.717) is 6.42 Å². The van der Waals surface area contributed by atoms with Gasteiger partial charge in [0, 0.05) is 0 Å². The third-order valence-corrected chi connectivity index (χ3v) is 2.35. The average molecular weight is 344 g/mol. The van der Waals surface area contributed by atoms with Crippen LogP contribution in [0.2, 0.25) is 0 Å².